The number of hydrogen-bond donors (Lipinski definition) is 2. The second-order valence-corrected chi connectivity index (χ2v) is 6.31. The van der Waals surface area contributed by atoms with Crippen LogP contribution in [0.15, 0.2) is 15.9 Å². The van der Waals surface area contributed by atoms with Gasteiger partial charge in [-0.15, -0.1) is 11.3 Å². The van der Waals surface area contributed by atoms with Crippen LogP contribution in [-0.4, -0.2) is 12.6 Å². The number of halogens is 1. The summed E-state index contributed by atoms with van der Waals surface area (Å²) in [4.78, 5) is 1.39. The molecule has 0 bridgehead atoms. The largest absolute Gasteiger partial charge is 0.330 e. The zero-order valence-electron chi connectivity index (χ0n) is 9.42. The van der Waals surface area contributed by atoms with Crippen molar-refractivity contribution in [3.8, 4) is 0 Å². The lowest BCUT2D eigenvalue weighted by Crippen LogP contribution is -2.41. The molecular formula is C12H19BrN2S. The Morgan fingerprint density at radius 1 is 1.44 bits per heavy atom. The molecule has 0 aromatic carbocycles. The monoisotopic (exact) mass is 302 g/mol. The normalized spacial score (nSPS) is 25.9. The van der Waals surface area contributed by atoms with E-state index in [1.807, 2.05) is 0 Å². The molecule has 1 aromatic heterocycles. The molecule has 1 heterocycles. The first-order valence-electron chi connectivity index (χ1n) is 5.96. The van der Waals surface area contributed by atoms with E-state index >= 15 is 0 Å². The average Bonchev–Trinajstić information content (AvgIpc) is 2.72. The van der Waals surface area contributed by atoms with Crippen LogP contribution in [0.5, 0.6) is 0 Å². The molecule has 4 heteroatoms. The zero-order chi connectivity index (χ0) is 11.4. The Hall–Kier alpha value is 0.100. The molecule has 2 nitrogen and oxygen atoms in total. The lowest BCUT2D eigenvalue weighted by Gasteiger charge is -2.31. The summed E-state index contributed by atoms with van der Waals surface area (Å²) in [5.41, 5.74) is 5.83. The first-order valence-corrected chi connectivity index (χ1v) is 7.64. The molecule has 3 N–H and O–H groups in total. The van der Waals surface area contributed by atoms with Crippen LogP contribution in [0, 0.1) is 5.92 Å². The van der Waals surface area contributed by atoms with Gasteiger partial charge < -0.3 is 11.1 Å². The van der Waals surface area contributed by atoms with E-state index in [0.717, 1.165) is 13.1 Å². The second-order valence-electron chi connectivity index (χ2n) is 4.46. The van der Waals surface area contributed by atoms with Crippen molar-refractivity contribution in [3.63, 3.8) is 0 Å². The van der Waals surface area contributed by atoms with E-state index in [1.165, 1.54) is 35.0 Å². The van der Waals surface area contributed by atoms with Gasteiger partial charge in [0.2, 0.25) is 0 Å². The third kappa shape index (κ3) is 3.06. The van der Waals surface area contributed by atoms with Crippen molar-refractivity contribution >= 4 is 27.3 Å². The van der Waals surface area contributed by atoms with Crippen molar-refractivity contribution in [2.24, 2.45) is 11.7 Å². The lowest BCUT2D eigenvalue weighted by molar-refractivity contribution is 0.267. The summed E-state index contributed by atoms with van der Waals surface area (Å²) in [5, 5.41) is 5.79. The summed E-state index contributed by atoms with van der Waals surface area (Å²) in [6.07, 6.45) is 5.27. The standard InChI is InChI=1S/C12H19BrN2S/c13-10-5-6-16-12(10)8-15-11-4-2-1-3-9(11)7-14/h5-6,9,11,15H,1-4,7-8,14H2. The van der Waals surface area contributed by atoms with Gasteiger partial charge in [-0.05, 0) is 52.7 Å². The van der Waals surface area contributed by atoms with Gasteiger partial charge >= 0.3 is 0 Å². The van der Waals surface area contributed by atoms with E-state index in [-0.39, 0.29) is 0 Å². The molecule has 2 unspecified atom stereocenters. The van der Waals surface area contributed by atoms with E-state index in [4.69, 9.17) is 5.73 Å². The Labute approximate surface area is 110 Å². The molecule has 90 valence electrons. The minimum absolute atomic E-state index is 0.618. The molecule has 1 aliphatic rings. The molecule has 16 heavy (non-hydrogen) atoms. The van der Waals surface area contributed by atoms with Crippen LogP contribution in [-0.2, 0) is 6.54 Å². The van der Waals surface area contributed by atoms with Gasteiger partial charge in [-0.25, -0.2) is 0 Å². The first kappa shape index (κ1) is 12.6. The van der Waals surface area contributed by atoms with E-state index < -0.39 is 0 Å². The van der Waals surface area contributed by atoms with Crippen LogP contribution in [0.1, 0.15) is 30.6 Å². The van der Waals surface area contributed by atoms with Crippen LogP contribution >= 0.6 is 27.3 Å². The molecule has 1 fully saturated rings. The van der Waals surface area contributed by atoms with Crippen molar-refractivity contribution in [1.82, 2.24) is 5.32 Å². The van der Waals surface area contributed by atoms with Gasteiger partial charge in [-0.1, -0.05) is 12.8 Å². The van der Waals surface area contributed by atoms with Gasteiger partial charge in [0, 0.05) is 21.9 Å². The fourth-order valence-electron chi connectivity index (χ4n) is 2.43. The fourth-order valence-corrected chi connectivity index (χ4v) is 3.88. The summed E-state index contributed by atoms with van der Waals surface area (Å²) in [7, 11) is 0. The van der Waals surface area contributed by atoms with Crippen LogP contribution in [0.3, 0.4) is 0 Å². The molecule has 0 radical (unpaired) electrons. The molecule has 2 atom stereocenters. The van der Waals surface area contributed by atoms with Gasteiger partial charge in [0.1, 0.15) is 0 Å². The Kier molecular flexibility index (Phi) is 4.82. The van der Waals surface area contributed by atoms with E-state index in [9.17, 15) is 0 Å². The van der Waals surface area contributed by atoms with Crippen LogP contribution in [0.2, 0.25) is 0 Å². The van der Waals surface area contributed by atoms with Crippen molar-refractivity contribution in [2.45, 2.75) is 38.3 Å². The third-order valence-corrected chi connectivity index (χ3v) is 5.35. The van der Waals surface area contributed by atoms with Gasteiger partial charge in [0.25, 0.3) is 0 Å². The van der Waals surface area contributed by atoms with Gasteiger partial charge in [-0.3, -0.25) is 0 Å². The highest BCUT2D eigenvalue weighted by atomic mass is 79.9. The maximum atomic E-state index is 5.83. The van der Waals surface area contributed by atoms with E-state index in [0.29, 0.717) is 12.0 Å². The molecule has 0 aliphatic heterocycles. The summed E-state index contributed by atoms with van der Waals surface area (Å²) < 4.78 is 1.23. The minimum Gasteiger partial charge on any atom is -0.330 e. The van der Waals surface area contributed by atoms with Crippen molar-refractivity contribution in [3.05, 3.63) is 20.8 Å². The zero-order valence-corrected chi connectivity index (χ0v) is 11.8. The molecule has 0 amide bonds. The highest BCUT2D eigenvalue weighted by molar-refractivity contribution is 9.10. The van der Waals surface area contributed by atoms with Crippen molar-refractivity contribution < 1.29 is 0 Å². The maximum absolute atomic E-state index is 5.83. The SMILES string of the molecule is NCC1CCCCC1NCc1sccc1Br. The summed E-state index contributed by atoms with van der Waals surface area (Å²) in [5.74, 6) is 0.674. The molecule has 1 aliphatic carbocycles. The molecule has 0 spiro atoms. The van der Waals surface area contributed by atoms with Crippen LogP contribution < -0.4 is 11.1 Å². The number of rotatable bonds is 4. The smallest absolute Gasteiger partial charge is 0.0327 e. The quantitative estimate of drug-likeness (QED) is 0.897. The average molecular weight is 303 g/mol. The molecule has 1 aromatic rings. The molecule has 1 saturated carbocycles. The summed E-state index contributed by atoms with van der Waals surface area (Å²) >= 11 is 5.38. The van der Waals surface area contributed by atoms with Crippen molar-refractivity contribution in [2.75, 3.05) is 6.54 Å². The number of hydrogen-bond acceptors (Lipinski definition) is 3. The van der Waals surface area contributed by atoms with Crippen LogP contribution in [0.4, 0.5) is 0 Å². The van der Waals surface area contributed by atoms with Gasteiger partial charge in [-0.2, -0.15) is 0 Å². The minimum atomic E-state index is 0.618. The first-order chi connectivity index (χ1) is 7.81. The van der Waals surface area contributed by atoms with Gasteiger partial charge in [0.05, 0.1) is 0 Å². The molecular weight excluding hydrogens is 284 g/mol. The van der Waals surface area contributed by atoms with E-state index in [1.54, 1.807) is 11.3 Å². The summed E-state index contributed by atoms with van der Waals surface area (Å²) in [6, 6.07) is 2.73. The highest BCUT2D eigenvalue weighted by Crippen LogP contribution is 2.26. The number of thiophene rings is 1. The number of nitrogens with two attached hydrogens (primary N) is 1. The maximum Gasteiger partial charge on any atom is 0.0327 e. The Bertz CT molecular complexity index is 327. The predicted molar refractivity (Wildman–Crippen MR) is 73.7 cm³/mol. The van der Waals surface area contributed by atoms with E-state index in [2.05, 4.69) is 32.7 Å². The Morgan fingerprint density at radius 3 is 2.94 bits per heavy atom. The number of nitrogens with one attached hydrogen (secondary N) is 1. The highest BCUT2D eigenvalue weighted by Gasteiger charge is 2.23. The van der Waals surface area contributed by atoms with Crippen LogP contribution in [0.25, 0.3) is 0 Å². The summed E-state index contributed by atoms with van der Waals surface area (Å²) in [6.45, 7) is 1.79. The third-order valence-electron chi connectivity index (χ3n) is 3.43. The molecule has 0 saturated heterocycles. The Balaban J connectivity index is 1.86. The second kappa shape index (κ2) is 6.15. The lowest BCUT2D eigenvalue weighted by atomic mass is 9.84. The van der Waals surface area contributed by atoms with Crippen molar-refractivity contribution in [1.29, 1.82) is 0 Å². The Morgan fingerprint density at radius 2 is 2.25 bits per heavy atom. The van der Waals surface area contributed by atoms with Gasteiger partial charge in [0.15, 0.2) is 0 Å². The predicted octanol–water partition coefficient (Wildman–Crippen LogP) is 3.12. The molecule has 2 rings (SSSR count). The fraction of sp³-hybridized carbons (Fsp3) is 0.667. The topological polar surface area (TPSA) is 38.0 Å².